The molecule has 0 bridgehead atoms. The van der Waals surface area contributed by atoms with Gasteiger partial charge in [-0.05, 0) is 38.2 Å². The number of likely N-dealkylation sites (N-methyl/N-ethyl adjacent to an activating group) is 1. The Labute approximate surface area is 102 Å². The normalized spacial score (nSPS) is 18.6. The molecule has 0 unspecified atom stereocenters. The van der Waals surface area contributed by atoms with E-state index < -0.39 is 0 Å². The molecule has 1 aromatic carbocycles. The minimum absolute atomic E-state index is 0.127. The predicted octanol–water partition coefficient (Wildman–Crippen LogP) is 2.00. The van der Waals surface area contributed by atoms with E-state index >= 15 is 0 Å². The quantitative estimate of drug-likeness (QED) is 0.796. The summed E-state index contributed by atoms with van der Waals surface area (Å²) >= 11 is 0. The highest BCUT2D eigenvalue weighted by Gasteiger charge is 2.26. The van der Waals surface area contributed by atoms with Gasteiger partial charge in [0.1, 0.15) is 12.4 Å². The molecule has 0 heterocycles. The molecule has 3 heteroatoms. The molecule has 0 aliphatic heterocycles. The third kappa shape index (κ3) is 2.67. The van der Waals surface area contributed by atoms with Crippen molar-refractivity contribution in [3.05, 3.63) is 29.3 Å². The molecule has 1 atom stereocenters. The summed E-state index contributed by atoms with van der Waals surface area (Å²) < 4.78 is 5.63. The van der Waals surface area contributed by atoms with Crippen LogP contribution >= 0.6 is 0 Å². The Balaban J connectivity index is 2.05. The van der Waals surface area contributed by atoms with E-state index in [2.05, 4.69) is 4.90 Å². The monoisotopic (exact) mass is 233 g/mol. The van der Waals surface area contributed by atoms with E-state index in [9.17, 15) is 4.79 Å². The van der Waals surface area contributed by atoms with Crippen molar-refractivity contribution in [1.82, 2.24) is 4.90 Å². The van der Waals surface area contributed by atoms with Crippen LogP contribution in [0.4, 0.5) is 0 Å². The third-order valence-corrected chi connectivity index (χ3v) is 3.13. The first-order valence-corrected chi connectivity index (χ1v) is 6.02. The van der Waals surface area contributed by atoms with Crippen molar-refractivity contribution in [1.29, 1.82) is 0 Å². The van der Waals surface area contributed by atoms with Gasteiger partial charge in [0, 0.05) is 18.0 Å². The lowest BCUT2D eigenvalue weighted by Crippen LogP contribution is -2.19. The summed E-state index contributed by atoms with van der Waals surface area (Å²) in [6.45, 7) is 3.51. The topological polar surface area (TPSA) is 29.5 Å². The van der Waals surface area contributed by atoms with E-state index in [4.69, 9.17) is 4.74 Å². The van der Waals surface area contributed by atoms with Gasteiger partial charge in [-0.3, -0.25) is 4.79 Å². The Morgan fingerprint density at radius 2 is 2.18 bits per heavy atom. The number of fused-ring (bicyclic) bond motifs is 1. The molecule has 0 spiro atoms. The van der Waals surface area contributed by atoms with Crippen LogP contribution in [0.3, 0.4) is 0 Å². The molecule has 92 valence electrons. The Bertz CT molecular complexity index is 426. The number of Topliss-reactive ketones (excluding diaryl/α,β-unsaturated/α-hetero) is 1. The van der Waals surface area contributed by atoms with E-state index in [1.165, 1.54) is 0 Å². The molecule has 0 saturated heterocycles. The molecule has 2 rings (SSSR count). The van der Waals surface area contributed by atoms with Crippen LogP contribution < -0.4 is 4.74 Å². The van der Waals surface area contributed by atoms with Gasteiger partial charge in [0.2, 0.25) is 0 Å². The molecular weight excluding hydrogens is 214 g/mol. The first-order valence-electron chi connectivity index (χ1n) is 6.02. The number of ketones is 1. The molecular formula is C14H19NO2. The zero-order valence-electron chi connectivity index (χ0n) is 10.7. The van der Waals surface area contributed by atoms with Gasteiger partial charge in [0.05, 0.1) is 0 Å². The summed E-state index contributed by atoms with van der Waals surface area (Å²) in [5.74, 6) is 1.17. The van der Waals surface area contributed by atoms with Gasteiger partial charge in [-0.15, -0.1) is 0 Å². The largest absolute Gasteiger partial charge is 0.492 e. The summed E-state index contributed by atoms with van der Waals surface area (Å²) in [7, 11) is 4.02. The van der Waals surface area contributed by atoms with Gasteiger partial charge in [-0.25, -0.2) is 0 Å². The minimum Gasteiger partial charge on any atom is -0.492 e. The zero-order chi connectivity index (χ0) is 12.4. The van der Waals surface area contributed by atoms with Gasteiger partial charge in [0.25, 0.3) is 0 Å². The predicted molar refractivity (Wildman–Crippen MR) is 67.7 cm³/mol. The van der Waals surface area contributed by atoms with E-state index in [0.717, 1.165) is 29.8 Å². The second-order valence-corrected chi connectivity index (χ2v) is 4.94. The maximum Gasteiger partial charge on any atom is 0.166 e. The number of carbonyl (C=O) groups is 1. The third-order valence-electron chi connectivity index (χ3n) is 3.13. The summed E-state index contributed by atoms with van der Waals surface area (Å²) in [5.41, 5.74) is 2.00. The molecule has 0 radical (unpaired) electrons. The van der Waals surface area contributed by atoms with Gasteiger partial charge >= 0.3 is 0 Å². The van der Waals surface area contributed by atoms with Crippen molar-refractivity contribution in [3.63, 3.8) is 0 Å². The van der Waals surface area contributed by atoms with Gasteiger partial charge in [0.15, 0.2) is 5.78 Å². The molecule has 0 saturated carbocycles. The average molecular weight is 233 g/mol. The Morgan fingerprint density at radius 1 is 1.41 bits per heavy atom. The lowest BCUT2D eigenvalue weighted by Gasteiger charge is -2.11. The average Bonchev–Trinajstić information content (AvgIpc) is 2.55. The zero-order valence-corrected chi connectivity index (χ0v) is 10.7. The summed E-state index contributed by atoms with van der Waals surface area (Å²) in [6, 6.07) is 5.86. The standard InChI is InChI=1S/C14H19NO2/c1-10-8-11-4-5-12(9-13(11)14(10)16)17-7-6-15(2)3/h4-5,9-10H,6-8H2,1-3H3/t10-/m1/s1. The number of nitrogens with zero attached hydrogens (tertiary/aromatic N) is 1. The van der Waals surface area contributed by atoms with Crippen LogP contribution in [0.5, 0.6) is 5.75 Å². The highest BCUT2D eigenvalue weighted by atomic mass is 16.5. The Morgan fingerprint density at radius 3 is 2.88 bits per heavy atom. The maximum atomic E-state index is 11.9. The van der Waals surface area contributed by atoms with Crippen LogP contribution in [0.25, 0.3) is 0 Å². The van der Waals surface area contributed by atoms with Crippen molar-refractivity contribution in [2.75, 3.05) is 27.2 Å². The number of hydrogen-bond acceptors (Lipinski definition) is 3. The fraction of sp³-hybridized carbons (Fsp3) is 0.500. The fourth-order valence-corrected chi connectivity index (χ4v) is 2.09. The van der Waals surface area contributed by atoms with E-state index in [1.807, 2.05) is 39.2 Å². The molecule has 3 nitrogen and oxygen atoms in total. The molecule has 0 N–H and O–H groups in total. The molecule has 0 fully saturated rings. The summed E-state index contributed by atoms with van der Waals surface area (Å²) in [4.78, 5) is 13.9. The minimum atomic E-state index is 0.127. The number of hydrogen-bond donors (Lipinski definition) is 0. The van der Waals surface area contributed by atoms with Crippen molar-refractivity contribution in [2.45, 2.75) is 13.3 Å². The van der Waals surface area contributed by atoms with E-state index in [-0.39, 0.29) is 11.7 Å². The SMILES string of the molecule is C[C@@H]1Cc2ccc(OCCN(C)C)cc2C1=O. The molecule has 1 aliphatic carbocycles. The second kappa shape index (κ2) is 4.88. The van der Waals surface area contributed by atoms with Gasteiger partial charge in [-0.2, -0.15) is 0 Å². The molecule has 17 heavy (non-hydrogen) atoms. The van der Waals surface area contributed by atoms with Crippen LogP contribution in [0.1, 0.15) is 22.8 Å². The van der Waals surface area contributed by atoms with Crippen molar-refractivity contribution in [2.24, 2.45) is 5.92 Å². The number of carbonyl (C=O) groups excluding carboxylic acids is 1. The highest BCUT2D eigenvalue weighted by Crippen LogP contribution is 2.29. The summed E-state index contributed by atoms with van der Waals surface area (Å²) in [5, 5.41) is 0. The summed E-state index contributed by atoms with van der Waals surface area (Å²) in [6.07, 6.45) is 0.867. The Kier molecular flexibility index (Phi) is 3.48. The van der Waals surface area contributed by atoms with Crippen LogP contribution in [0, 0.1) is 5.92 Å². The van der Waals surface area contributed by atoms with E-state index in [1.54, 1.807) is 0 Å². The van der Waals surface area contributed by atoms with Gasteiger partial charge < -0.3 is 9.64 Å². The fourth-order valence-electron chi connectivity index (χ4n) is 2.09. The second-order valence-electron chi connectivity index (χ2n) is 4.94. The van der Waals surface area contributed by atoms with Crippen LogP contribution in [-0.2, 0) is 6.42 Å². The first kappa shape index (κ1) is 12.1. The number of ether oxygens (including phenoxy) is 1. The van der Waals surface area contributed by atoms with Crippen LogP contribution in [0.2, 0.25) is 0 Å². The first-order chi connectivity index (χ1) is 8.08. The van der Waals surface area contributed by atoms with Crippen LogP contribution in [-0.4, -0.2) is 37.9 Å². The van der Waals surface area contributed by atoms with Gasteiger partial charge in [-0.1, -0.05) is 13.0 Å². The number of benzene rings is 1. The lowest BCUT2D eigenvalue weighted by molar-refractivity contribution is 0.0946. The van der Waals surface area contributed by atoms with Crippen molar-refractivity contribution < 1.29 is 9.53 Å². The lowest BCUT2D eigenvalue weighted by atomic mass is 10.1. The molecule has 0 amide bonds. The van der Waals surface area contributed by atoms with Crippen LogP contribution in [0.15, 0.2) is 18.2 Å². The maximum absolute atomic E-state index is 11.9. The smallest absolute Gasteiger partial charge is 0.166 e. The highest BCUT2D eigenvalue weighted by molar-refractivity contribution is 6.02. The van der Waals surface area contributed by atoms with E-state index in [0.29, 0.717) is 6.61 Å². The molecule has 1 aliphatic rings. The number of rotatable bonds is 4. The van der Waals surface area contributed by atoms with Crippen molar-refractivity contribution >= 4 is 5.78 Å². The van der Waals surface area contributed by atoms with Crippen molar-refractivity contribution in [3.8, 4) is 5.75 Å². The molecule has 1 aromatic rings. The molecule has 0 aromatic heterocycles. The Hall–Kier alpha value is -1.35.